The van der Waals surface area contributed by atoms with E-state index in [1.807, 2.05) is 18.2 Å². The molecule has 0 saturated heterocycles. The lowest BCUT2D eigenvalue weighted by Crippen LogP contribution is -2.18. The first-order valence-corrected chi connectivity index (χ1v) is 4.82. The van der Waals surface area contributed by atoms with Crippen molar-refractivity contribution >= 4 is 11.6 Å². The van der Waals surface area contributed by atoms with Gasteiger partial charge in [-0.05, 0) is 30.2 Å². The van der Waals surface area contributed by atoms with Gasteiger partial charge in [0.15, 0.2) is 0 Å². The summed E-state index contributed by atoms with van der Waals surface area (Å²) in [5.41, 5.74) is 2.86. The second-order valence-corrected chi connectivity index (χ2v) is 3.38. The lowest BCUT2D eigenvalue weighted by molar-refractivity contribution is -0.116. The maximum absolute atomic E-state index is 11.1. The molecule has 1 amide bonds. The van der Waals surface area contributed by atoms with E-state index >= 15 is 0 Å². The molecular formula is C12H11NO2. The van der Waals surface area contributed by atoms with Gasteiger partial charge in [-0.2, -0.15) is 0 Å². The van der Waals surface area contributed by atoms with Crippen LogP contribution in [0.15, 0.2) is 18.2 Å². The number of aryl methyl sites for hydroxylation is 1. The average molecular weight is 201 g/mol. The van der Waals surface area contributed by atoms with Gasteiger partial charge in [0.05, 0.1) is 0 Å². The number of rotatable bonds is 0. The highest BCUT2D eigenvalue weighted by molar-refractivity contribution is 5.93. The van der Waals surface area contributed by atoms with Crippen molar-refractivity contribution in [1.82, 2.24) is 0 Å². The van der Waals surface area contributed by atoms with Crippen LogP contribution in [-0.2, 0) is 11.2 Å². The van der Waals surface area contributed by atoms with Crippen LogP contribution in [0.1, 0.15) is 17.5 Å². The fourth-order valence-electron chi connectivity index (χ4n) is 1.60. The minimum absolute atomic E-state index is 0.0664. The summed E-state index contributed by atoms with van der Waals surface area (Å²) in [4.78, 5) is 11.1. The number of aliphatic hydroxyl groups is 1. The van der Waals surface area contributed by atoms with Crippen molar-refractivity contribution in [1.29, 1.82) is 0 Å². The first-order valence-electron chi connectivity index (χ1n) is 4.82. The third-order valence-corrected chi connectivity index (χ3v) is 2.31. The number of carbonyl (C=O) groups is 1. The van der Waals surface area contributed by atoms with Crippen LogP contribution in [0.4, 0.5) is 5.69 Å². The van der Waals surface area contributed by atoms with E-state index in [0.29, 0.717) is 6.42 Å². The van der Waals surface area contributed by atoms with Crippen molar-refractivity contribution in [3.8, 4) is 11.8 Å². The Bertz CT molecular complexity index is 454. The van der Waals surface area contributed by atoms with E-state index in [9.17, 15) is 4.79 Å². The van der Waals surface area contributed by atoms with Crippen LogP contribution in [0.5, 0.6) is 0 Å². The van der Waals surface area contributed by atoms with Crippen LogP contribution < -0.4 is 5.32 Å². The van der Waals surface area contributed by atoms with Crippen LogP contribution in [0.3, 0.4) is 0 Å². The first-order chi connectivity index (χ1) is 7.29. The highest BCUT2D eigenvalue weighted by Gasteiger charge is 2.13. The van der Waals surface area contributed by atoms with Crippen LogP contribution in [0, 0.1) is 11.8 Å². The molecule has 2 rings (SSSR count). The summed E-state index contributed by atoms with van der Waals surface area (Å²) >= 11 is 0. The van der Waals surface area contributed by atoms with Gasteiger partial charge in [0.25, 0.3) is 0 Å². The topological polar surface area (TPSA) is 49.3 Å². The third-order valence-electron chi connectivity index (χ3n) is 2.31. The largest absolute Gasteiger partial charge is 0.384 e. The average Bonchev–Trinajstić information content (AvgIpc) is 2.26. The van der Waals surface area contributed by atoms with E-state index in [0.717, 1.165) is 23.2 Å². The van der Waals surface area contributed by atoms with Crippen molar-refractivity contribution in [3.63, 3.8) is 0 Å². The predicted octanol–water partition coefficient (Wildman–Crippen LogP) is 0.915. The zero-order valence-corrected chi connectivity index (χ0v) is 8.21. The van der Waals surface area contributed by atoms with Crippen molar-refractivity contribution in [2.45, 2.75) is 12.8 Å². The molecule has 0 unspecified atom stereocenters. The number of nitrogens with one attached hydrogen (secondary N) is 1. The quantitative estimate of drug-likeness (QED) is 0.613. The molecule has 1 aromatic rings. The number of carbonyl (C=O) groups excluding carboxylic acids is 1. The number of hydrogen-bond acceptors (Lipinski definition) is 2. The van der Waals surface area contributed by atoms with E-state index in [4.69, 9.17) is 5.11 Å². The summed E-state index contributed by atoms with van der Waals surface area (Å²) in [7, 11) is 0. The van der Waals surface area contributed by atoms with Gasteiger partial charge in [-0.25, -0.2) is 0 Å². The van der Waals surface area contributed by atoms with Gasteiger partial charge in [-0.15, -0.1) is 0 Å². The van der Waals surface area contributed by atoms with Gasteiger partial charge < -0.3 is 10.4 Å². The smallest absolute Gasteiger partial charge is 0.224 e. The normalized spacial score (nSPS) is 13.5. The fraction of sp³-hybridized carbons (Fsp3) is 0.250. The summed E-state index contributed by atoms with van der Waals surface area (Å²) in [5, 5.41) is 11.4. The zero-order valence-electron chi connectivity index (χ0n) is 8.21. The molecular weight excluding hydrogens is 190 g/mol. The second kappa shape index (κ2) is 4.16. The van der Waals surface area contributed by atoms with Crippen molar-refractivity contribution in [2.75, 3.05) is 11.9 Å². The van der Waals surface area contributed by atoms with E-state index in [1.165, 1.54) is 0 Å². The Labute approximate surface area is 88.1 Å². The molecule has 0 atom stereocenters. The lowest BCUT2D eigenvalue weighted by atomic mass is 10.0. The van der Waals surface area contributed by atoms with Crippen molar-refractivity contribution in [2.24, 2.45) is 0 Å². The Morgan fingerprint density at radius 3 is 3.07 bits per heavy atom. The molecule has 0 bridgehead atoms. The summed E-state index contributed by atoms with van der Waals surface area (Å²) in [6.07, 6.45) is 1.29. The number of anilines is 1. The number of amides is 1. The van der Waals surface area contributed by atoms with Gasteiger partial charge in [0, 0.05) is 17.7 Å². The minimum Gasteiger partial charge on any atom is -0.384 e. The molecule has 0 aromatic heterocycles. The maximum atomic E-state index is 11.1. The minimum atomic E-state index is -0.131. The van der Waals surface area contributed by atoms with Crippen LogP contribution in [0.2, 0.25) is 0 Å². The van der Waals surface area contributed by atoms with Gasteiger partial charge in [-0.1, -0.05) is 11.8 Å². The number of aliphatic hydroxyl groups excluding tert-OH is 1. The molecule has 3 heteroatoms. The fourth-order valence-corrected chi connectivity index (χ4v) is 1.60. The molecule has 0 saturated carbocycles. The Morgan fingerprint density at radius 2 is 2.27 bits per heavy atom. The first kappa shape index (κ1) is 9.75. The van der Waals surface area contributed by atoms with Crippen LogP contribution in [-0.4, -0.2) is 17.6 Å². The van der Waals surface area contributed by atoms with Gasteiger partial charge >= 0.3 is 0 Å². The summed E-state index contributed by atoms with van der Waals surface area (Å²) in [5.74, 6) is 5.51. The van der Waals surface area contributed by atoms with E-state index in [2.05, 4.69) is 17.2 Å². The molecule has 15 heavy (non-hydrogen) atoms. The zero-order chi connectivity index (χ0) is 10.7. The van der Waals surface area contributed by atoms with E-state index in [1.54, 1.807) is 0 Å². The molecule has 0 aliphatic carbocycles. The lowest BCUT2D eigenvalue weighted by Gasteiger charge is -2.16. The standard InChI is InChI=1S/C12H11NO2/c14-7-1-2-9-3-5-11-10(8-9)4-6-12(15)13-11/h3,5,8,14H,4,6-7H2,(H,13,15). The molecule has 0 fully saturated rings. The Kier molecular flexibility index (Phi) is 2.70. The summed E-state index contributed by atoms with van der Waals surface area (Å²) < 4.78 is 0. The highest BCUT2D eigenvalue weighted by atomic mass is 16.2. The molecule has 1 aromatic carbocycles. The summed E-state index contributed by atoms with van der Waals surface area (Å²) in [6.45, 7) is -0.131. The predicted molar refractivity (Wildman–Crippen MR) is 57.4 cm³/mol. The molecule has 0 radical (unpaired) electrons. The third kappa shape index (κ3) is 2.17. The monoisotopic (exact) mass is 201 g/mol. The molecule has 2 N–H and O–H groups in total. The van der Waals surface area contributed by atoms with Crippen LogP contribution in [0.25, 0.3) is 0 Å². The number of benzene rings is 1. The Hall–Kier alpha value is -1.79. The van der Waals surface area contributed by atoms with E-state index in [-0.39, 0.29) is 12.5 Å². The van der Waals surface area contributed by atoms with Crippen molar-refractivity contribution < 1.29 is 9.90 Å². The Morgan fingerprint density at radius 1 is 1.40 bits per heavy atom. The van der Waals surface area contributed by atoms with Gasteiger partial charge in [-0.3, -0.25) is 4.79 Å². The molecule has 1 aliphatic rings. The number of fused-ring (bicyclic) bond motifs is 1. The molecule has 3 nitrogen and oxygen atoms in total. The SMILES string of the molecule is O=C1CCc2cc(C#CCO)ccc2N1. The molecule has 0 spiro atoms. The van der Waals surface area contributed by atoms with Crippen molar-refractivity contribution in [3.05, 3.63) is 29.3 Å². The maximum Gasteiger partial charge on any atom is 0.224 e. The molecule has 1 heterocycles. The Balaban J connectivity index is 2.30. The number of hydrogen-bond donors (Lipinski definition) is 2. The highest BCUT2D eigenvalue weighted by Crippen LogP contribution is 2.23. The molecule has 1 aliphatic heterocycles. The van der Waals surface area contributed by atoms with Crippen LogP contribution >= 0.6 is 0 Å². The van der Waals surface area contributed by atoms with E-state index < -0.39 is 0 Å². The summed E-state index contributed by atoms with van der Waals surface area (Å²) in [6, 6.07) is 5.65. The van der Waals surface area contributed by atoms with Gasteiger partial charge in [0.1, 0.15) is 6.61 Å². The second-order valence-electron chi connectivity index (χ2n) is 3.38. The van der Waals surface area contributed by atoms with Gasteiger partial charge in [0.2, 0.25) is 5.91 Å². The molecule has 76 valence electrons.